The van der Waals surface area contributed by atoms with Gasteiger partial charge in [-0.3, -0.25) is 9.69 Å². The third kappa shape index (κ3) is 5.75. The highest BCUT2D eigenvalue weighted by Gasteiger charge is 2.25. The van der Waals surface area contributed by atoms with E-state index in [4.69, 9.17) is 4.74 Å². The molecule has 1 amide bonds. The average Bonchev–Trinajstić information content (AvgIpc) is 3.17. The molecule has 0 unspecified atom stereocenters. The summed E-state index contributed by atoms with van der Waals surface area (Å²) in [6, 6.07) is 12.4. The van der Waals surface area contributed by atoms with Gasteiger partial charge in [0.25, 0.3) is 0 Å². The second kappa shape index (κ2) is 10.5. The lowest BCUT2D eigenvalue weighted by Gasteiger charge is -2.36. The Balaban J connectivity index is 1.46. The van der Waals surface area contributed by atoms with Crippen molar-refractivity contribution < 1.29 is 9.53 Å². The van der Waals surface area contributed by atoms with E-state index >= 15 is 0 Å². The summed E-state index contributed by atoms with van der Waals surface area (Å²) in [7, 11) is 0. The fourth-order valence-electron chi connectivity index (χ4n) is 3.61. The van der Waals surface area contributed by atoms with Crippen molar-refractivity contribution in [2.45, 2.75) is 38.3 Å². The fraction of sp³-hybridized carbons (Fsp3) is 0.524. The van der Waals surface area contributed by atoms with E-state index in [-0.39, 0.29) is 5.91 Å². The highest BCUT2D eigenvalue weighted by Crippen LogP contribution is 2.26. The molecule has 7 heteroatoms. The summed E-state index contributed by atoms with van der Waals surface area (Å²) in [5.74, 6) is 2.67. The van der Waals surface area contributed by atoms with Crippen LogP contribution >= 0.6 is 11.8 Å². The molecule has 0 saturated carbocycles. The van der Waals surface area contributed by atoms with Gasteiger partial charge < -0.3 is 10.1 Å². The van der Waals surface area contributed by atoms with Crippen LogP contribution in [0.1, 0.15) is 32.2 Å². The van der Waals surface area contributed by atoms with E-state index in [0.29, 0.717) is 25.1 Å². The molecule has 1 aromatic carbocycles. The van der Waals surface area contributed by atoms with E-state index in [1.165, 1.54) is 5.75 Å². The SMILES string of the molecule is CSC[C@@H](C)N1CCC(n2nccc2NC(=O)CCOc2ccccc2)CC1. The van der Waals surface area contributed by atoms with Crippen LogP contribution in [0, 0.1) is 0 Å². The first kappa shape index (κ1) is 20.7. The Morgan fingerprint density at radius 1 is 1.29 bits per heavy atom. The highest BCUT2D eigenvalue weighted by atomic mass is 32.2. The fourth-order valence-corrected chi connectivity index (χ4v) is 4.30. The highest BCUT2D eigenvalue weighted by molar-refractivity contribution is 7.98. The van der Waals surface area contributed by atoms with E-state index in [1.54, 1.807) is 6.20 Å². The number of carbonyl (C=O) groups is 1. The lowest BCUT2D eigenvalue weighted by atomic mass is 10.0. The molecule has 1 fully saturated rings. The number of para-hydroxylation sites is 1. The average molecular weight is 403 g/mol. The van der Waals surface area contributed by atoms with Crippen LogP contribution in [0.15, 0.2) is 42.6 Å². The number of amides is 1. The molecule has 1 saturated heterocycles. The quantitative estimate of drug-likeness (QED) is 0.693. The summed E-state index contributed by atoms with van der Waals surface area (Å²) in [4.78, 5) is 14.9. The van der Waals surface area contributed by atoms with Gasteiger partial charge in [0.05, 0.1) is 25.3 Å². The number of hydrogen-bond acceptors (Lipinski definition) is 5. The molecular weight excluding hydrogens is 372 g/mol. The maximum atomic E-state index is 12.3. The number of benzene rings is 1. The molecule has 0 spiro atoms. The number of nitrogens with zero attached hydrogens (tertiary/aromatic N) is 3. The number of nitrogens with one attached hydrogen (secondary N) is 1. The van der Waals surface area contributed by atoms with Crippen molar-refractivity contribution in [3.63, 3.8) is 0 Å². The van der Waals surface area contributed by atoms with E-state index in [2.05, 4.69) is 28.5 Å². The number of rotatable bonds is 9. The Labute approximate surface area is 171 Å². The van der Waals surface area contributed by atoms with Gasteiger partial charge in [-0.25, -0.2) is 4.68 Å². The van der Waals surface area contributed by atoms with Crippen molar-refractivity contribution in [3.8, 4) is 5.75 Å². The molecule has 0 aliphatic carbocycles. The molecule has 2 aromatic rings. The molecule has 28 heavy (non-hydrogen) atoms. The molecule has 0 bridgehead atoms. The minimum Gasteiger partial charge on any atom is -0.493 e. The molecule has 1 aliphatic heterocycles. The van der Waals surface area contributed by atoms with Crippen LogP contribution in [-0.4, -0.2) is 58.3 Å². The summed E-state index contributed by atoms with van der Waals surface area (Å²) in [5, 5.41) is 7.47. The lowest BCUT2D eigenvalue weighted by molar-refractivity contribution is -0.116. The van der Waals surface area contributed by atoms with E-state index < -0.39 is 0 Å². The van der Waals surface area contributed by atoms with Gasteiger partial charge in [0, 0.05) is 31.0 Å². The second-order valence-corrected chi connectivity index (χ2v) is 8.10. The molecule has 3 rings (SSSR count). The predicted molar refractivity (Wildman–Crippen MR) is 115 cm³/mol. The Kier molecular flexibility index (Phi) is 7.80. The van der Waals surface area contributed by atoms with Crippen LogP contribution in [0.2, 0.25) is 0 Å². The Hall–Kier alpha value is -1.99. The lowest BCUT2D eigenvalue weighted by Crippen LogP contribution is -2.41. The van der Waals surface area contributed by atoms with Crippen LogP contribution < -0.4 is 10.1 Å². The monoisotopic (exact) mass is 402 g/mol. The summed E-state index contributed by atoms with van der Waals surface area (Å²) in [6.07, 6.45) is 6.34. The Morgan fingerprint density at radius 3 is 2.75 bits per heavy atom. The zero-order valence-corrected chi connectivity index (χ0v) is 17.5. The standard InChI is InChI=1S/C21H30N4O2S/c1-17(16-28-2)24-13-9-18(10-14-24)25-20(8-12-22-25)23-21(26)11-15-27-19-6-4-3-5-7-19/h3-8,12,17-18H,9-11,13-16H2,1-2H3,(H,23,26)/t17-/m1/s1. The zero-order chi connectivity index (χ0) is 19.8. The first-order valence-corrected chi connectivity index (χ1v) is 11.3. The number of hydrogen-bond donors (Lipinski definition) is 1. The number of aromatic nitrogens is 2. The number of likely N-dealkylation sites (tertiary alicyclic amines) is 1. The normalized spacial score (nSPS) is 16.6. The van der Waals surface area contributed by atoms with Gasteiger partial charge in [0.1, 0.15) is 11.6 Å². The van der Waals surface area contributed by atoms with Crippen molar-refractivity contribution in [1.29, 1.82) is 0 Å². The zero-order valence-electron chi connectivity index (χ0n) is 16.7. The number of thioether (sulfide) groups is 1. The van der Waals surface area contributed by atoms with Crippen molar-refractivity contribution in [2.24, 2.45) is 0 Å². The van der Waals surface area contributed by atoms with E-state index in [9.17, 15) is 4.79 Å². The van der Waals surface area contributed by atoms with E-state index in [1.807, 2.05) is 52.8 Å². The maximum absolute atomic E-state index is 12.3. The molecule has 1 atom stereocenters. The molecule has 1 aromatic heterocycles. The molecule has 1 aliphatic rings. The molecule has 6 nitrogen and oxygen atoms in total. The van der Waals surface area contributed by atoms with Crippen LogP contribution in [0.25, 0.3) is 0 Å². The molecule has 152 valence electrons. The van der Waals surface area contributed by atoms with Gasteiger partial charge >= 0.3 is 0 Å². The van der Waals surface area contributed by atoms with Crippen LogP contribution in [0.4, 0.5) is 5.82 Å². The van der Waals surface area contributed by atoms with Gasteiger partial charge in [-0.05, 0) is 38.2 Å². The summed E-state index contributed by atoms with van der Waals surface area (Å²) in [6.45, 7) is 4.80. The van der Waals surface area contributed by atoms with Crippen LogP contribution in [0.5, 0.6) is 5.75 Å². The van der Waals surface area contributed by atoms with Crippen molar-refractivity contribution in [3.05, 3.63) is 42.6 Å². The number of carbonyl (C=O) groups excluding carboxylic acids is 1. The Morgan fingerprint density at radius 2 is 2.04 bits per heavy atom. The predicted octanol–water partition coefficient (Wildman–Crippen LogP) is 3.68. The Bertz CT molecular complexity index is 729. The van der Waals surface area contributed by atoms with Gasteiger partial charge in [-0.2, -0.15) is 16.9 Å². The first-order valence-electron chi connectivity index (χ1n) is 9.91. The van der Waals surface area contributed by atoms with Crippen molar-refractivity contribution in [2.75, 3.05) is 37.0 Å². The van der Waals surface area contributed by atoms with Crippen LogP contribution in [-0.2, 0) is 4.79 Å². The molecule has 2 heterocycles. The smallest absolute Gasteiger partial charge is 0.228 e. The minimum atomic E-state index is -0.0521. The summed E-state index contributed by atoms with van der Waals surface area (Å²) >= 11 is 1.90. The van der Waals surface area contributed by atoms with Gasteiger partial charge in [0.15, 0.2) is 0 Å². The first-order chi connectivity index (χ1) is 13.7. The van der Waals surface area contributed by atoms with Gasteiger partial charge in [0.2, 0.25) is 5.91 Å². The number of piperidine rings is 1. The second-order valence-electron chi connectivity index (χ2n) is 7.19. The van der Waals surface area contributed by atoms with Gasteiger partial charge in [-0.15, -0.1) is 0 Å². The topological polar surface area (TPSA) is 59.4 Å². The van der Waals surface area contributed by atoms with Crippen molar-refractivity contribution in [1.82, 2.24) is 14.7 Å². The number of anilines is 1. The number of ether oxygens (including phenoxy) is 1. The maximum Gasteiger partial charge on any atom is 0.228 e. The van der Waals surface area contributed by atoms with Gasteiger partial charge in [-0.1, -0.05) is 18.2 Å². The third-order valence-electron chi connectivity index (χ3n) is 5.16. The third-order valence-corrected chi connectivity index (χ3v) is 5.97. The van der Waals surface area contributed by atoms with Crippen LogP contribution in [0.3, 0.4) is 0 Å². The largest absolute Gasteiger partial charge is 0.493 e. The van der Waals surface area contributed by atoms with E-state index in [0.717, 1.165) is 37.5 Å². The van der Waals surface area contributed by atoms with Crippen molar-refractivity contribution >= 4 is 23.5 Å². The molecule has 1 N–H and O–H groups in total. The molecule has 0 radical (unpaired) electrons. The summed E-state index contributed by atoms with van der Waals surface area (Å²) in [5.41, 5.74) is 0. The summed E-state index contributed by atoms with van der Waals surface area (Å²) < 4.78 is 7.58. The minimum absolute atomic E-state index is 0.0521. The molecular formula is C21H30N4O2S.